The number of sulfonamides is 1. The Hall–Kier alpha value is -1.74. The molecule has 118 valence electrons. The Balaban J connectivity index is 3.24. The molecule has 0 bridgehead atoms. The molecule has 0 amide bonds. The van der Waals surface area contributed by atoms with Crippen LogP contribution in [0.25, 0.3) is 0 Å². The molecule has 0 heterocycles. The lowest BCUT2D eigenvalue weighted by atomic mass is 10.1. The van der Waals surface area contributed by atoms with Gasteiger partial charge < -0.3 is 9.84 Å². The minimum absolute atomic E-state index is 0.189. The Kier molecular flexibility index (Phi) is 5.24. The van der Waals surface area contributed by atoms with Gasteiger partial charge in [0.05, 0.1) is 17.5 Å². The highest BCUT2D eigenvalue weighted by atomic mass is 32.2. The van der Waals surface area contributed by atoms with Gasteiger partial charge in [-0.2, -0.15) is 0 Å². The van der Waals surface area contributed by atoms with Crippen LogP contribution in [0.3, 0.4) is 0 Å². The van der Waals surface area contributed by atoms with Crippen molar-refractivity contribution in [2.24, 2.45) is 0 Å². The zero-order valence-electron chi connectivity index (χ0n) is 11.6. The van der Waals surface area contributed by atoms with E-state index < -0.39 is 50.7 Å². The second-order valence-corrected chi connectivity index (χ2v) is 6.25. The fourth-order valence-corrected chi connectivity index (χ4v) is 2.94. The fourth-order valence-electron chi connectivity index (χ4n) is 1.62. The Morgan fingerprint density at radius 2 is 2.00 bits per heavy atom. The number of carboxylic acid groups (broad SMARTS) is 1. The summed E-state index contributed by atoms with van der Waals surface area (Å²) < 4.78 is 57.8. The molecule has 1 aromatic rings. The fraction of sp³-hybridized carbons (Fsp3) is 0.417. The highest BCUT2D eigenvalue weighted by Crippen LogP contribution is 2.25. The van der Waals surface area contributed by atoms with E-state index in [1.807, 2.05) is 4.72 Å². The summed E-state index contributed by atoms with van der Waals surface area (Å²) in [6, 6.07) is 0.895. The summed E-state index contributed by atoms with van der Waals surface area (Å²) in [5, 5.41) is 8.80. The van der Waals surface area contributed by atoms with Gasteiger partial charge in [0, 0.05) is 7.11 Å². The maximum absolute atomic E-state index is 13.9. The van der Waals surface area contributed by atoms with Gasteiger partial charge in [0.25, 0.3) is 0 Å². The number of methoxy groups -OCH3 is 1. The molecule has 9 heteroatoms. The summed E-state index contributed by atoms with van der Waals surface area (Å²) in [7, 11) is -2.66. The molecule has 0 saturated heterocycles. The SMILES string of the molecule is COC(C)CS(=O)(=O)Nc1cc(C)c(F)c(C(=O)O)c1F. The van der Waals surface area contributed by atoms with Crippen LogP contribution in [0.1, 0.15) is 22.8 Å². The van der Waals surface area contributed by atoms with Gasteiger partial charge in [-0.15, -0.1) is 0 Å². The third-order valence-electron chi connectivity index (χ3n) is 2.72. The zero-order valence-corrected chi connectivity index (χ0v) is 12.4. The van der Waals surface area contributed by atoms with Crippen LogP contribution in [0.2, 0.25) is 0 Å². The Bertz CT molecular complexity index is 660. The molecule has 21 heavy (non-hydrogen) atoms. The Labute approximate surface area is 120 Å². The number of hydrogen-bond donors (Lipinski definition) is 2. The van der Waals surface area contributed by atoms with Crippen LogP contribution in [-0.4, -0.2) is 38.5 Å². The van der Waals surface area contributed by atoms with Gasteiger partial charge in [-0.3, -0.25) is 4.72 Å². The zero-order chi connectivity index (χ0) is 16.4. The maximum atomic E-state index is 13.9. The molecule has 0 aliphatic carbocycles. The van der Waals surface area contributed by atoms with E-state index in [2.05, 4.69) is 0 Å². The van der Waals surface area contributed by atoms with Crippen LogP contribution < -0.4 is 4.72 Å². The standard InChI is InChI=1S/C12H15F2NO5S/c1-6-4-8(11(14)9(10(6)13)12(16)17)15-21(18,19)5-7(2)20-3/h4,7,15H,5H2,1-3H3,(H,16,17). The van der Waals surface area contributed by atoms with Crippen molar-refractivity contribution in [1.82, 2.24) is 0 Å². The Morgan fingerprint density at radius 1 is 1.43 bits per heavy atom. The molecule has 0 aliphatic rings. The van der Waals surface area contributed by atoms with E-state index in [-0.39, 0.29) is 5.56 Å². The molecule has 0 fully saturated rings. The number of nitrogens with one attached hydrogen (secondary N) is 1. The molecule has 6 nitrogen and oxygen atoms in total. The number of ether oxygens (including phenoxy) is 1. The van der Waals surface area contributed by atoms with E-state index in [0.717, 1.165) is 6.07 Å². The summed E-state index contributed by atoms with van der Waals surface area (Å²) >= 11 is 0. The third-order valence-corrected chi connectivity index (χ3v) is 4.16. The minimum atomic E-state index is -3.97. The van der Waals surface area contributed by atoms with Crippen LogP contribution in [0, 0.1) is 18.6 Å². The van der Waals surface area contributed by atoms with E-state index >= 15 is 0 Å². The average Bonchev–Trinajstić information content (AvgIpc) is 2.34. The van der Waals surface area contributed by atoms with Crippen molar-refractivity contribution in [3.63, 3.8) is 0 Å². The number of anilines is 1. The molecule has 1 unspecified atom stereocenters. The first-order chi connectivity index (χ1) is 9.59. The topological polar surface area (TPSA) is 92.7 Å². The van der Waals surface area contributed by atoms with Crippen LogP contribution in [0.4, 0.5) is 14.5 Å². The minimum Gasteiger partial charge on any atom is -0.477 e. The molecular formula is C12H15F2NO5S. The predicted octanol–water partition coefficient (Wildman–Crippen LogP) is 1.75. The smallest absolute Gasteiger partial charge is 0.341 e. The van der Waals surface area contributed by atoms with E-state index in [0.29, 0.717) is 0 Å². The average molecular weight is 323 g/mol. The molecule has 0 radical (unpaired) electrons. The summed E-state index contributed by atoms with van der Waals surface area (Å²) in [6.07, 6.45) is -0.647. The molecule has 0 spiro atoms. The van der Waals surface area contributed by atoms with Gasteiger partial charge in [-0.05, 0) is 25.5 Å². The van der Waals surface area contributed by atoms with Crippen molar-refractivity contribution < 1.29 is 31.8 Å². The molecule has 0 aliphatic heterocycles. The largest absolute Gasteiger partial charge is 0.477 e. The quantitative estimate of drug-likeness (QED) is 0.832. The molecule has 1 rings (SSSR count). The lowest BCUT2D eigenvalue weighted by Gasteiger charge is -2.14. The van der Waals surface area contributed by atoms with E-state index in [1.165, 1.54) is 21.0 Å². The first-order valence-corrected chi connectivity index (χ1v) is 7.49. The number of hydrogen-bond acceptors (Lipinski definition) is 4. The monoisotopic (exact) mass is 323 g/mol. The number of benzene rings is 1. The first-order valence-electron chi connectivity index (χ1n) is 5.84. The van der Waals surface area contributed by atoms with Gasteiger partial charge in [0.1, 0.15) is 11.4 Å². The van der Waals surface area contributed by atoms with Crippen LogP contribution >= 0.6 is 0 Å². The van der Waals surface area contributed by atoms with E-state index in [1.54, 1.807) is 0 Å². The van der Waals surface area contributed by atoms with Crippen LogP contribution in [0.15, 0.2) is 6.07 Å². The number of halogens is 2. The molecule has 0 aromatic heterocycles. The van der Waals surface area contributed by atoms with Crippen molar-refractivity contribution in [2.75, 3.05) is 17.6 Å². The van der Waals surface area contributed by atoms with Gasteiger partial charge in [-0.25, -0.2) is 22.0 Å². The molecule has 2 N–H and O–H groups in total. The number of aromatic carboxylic acids is 1. The van der Waals surface area contributed by atoms with Crippen molar-refractivity contribution in [2.45, 2.75) is 20.0 Å². The van der Waals surface area contributed by atoms with Gasteiger partial charge >= 0.3 is 5.97 Å². The maximum Gasteiger partial charge on any atom is 0.341 e. The normalized spacial score (nSPS) is 13.0. The predicted molar refractivity (Wildman–Crippen MR) is 71.9 cm³/mol. The molecule has 1 aromatic carbocycles. The van der Waals surface area contributed by atoms with Gasteiger partial charge in [-0.1, -0.05) is 0 Å². The van der Waals surface area contributed by atoms with Crippen molar-refractivity contribution in [3.05, 3.63) is 28.8 Å². The van der Waals surface area contributed by atoms with Gasteiger partial charge in [0.2, 0.25) is 10.0 Å². The van der Waals surface area contributed by atoms with E-state index in [9.17, 15) is 22.0 Å². The van der Waals surface area contributed by atoms with Crippen molar-refractivity contribution in [3.8, 4) is 0 Å². The summed E-state index contributed by atoms with van der Waals surface area (Å²) in [6.45, 7) is 2.70. The Morgan fingerprint density at radius 3 is 2.48 bits per heavy atom. The van der Waals surface area contributed by atoms with Crippen molar-refractivity contribution in [1.29, 1.82) is 0 Å². The number of carboxylic acids is 1. The first kappa shape index (κ1) is 17.3. The highest BCUT2D eigenvalue weighted by molar-refractivity contribution is 7.92. The number of rotatable bonds is 6. The van der Waals surface area contributed by atoms with E-state index in [4.69, 9.17) is 9.84 Å². The number of aryl methyl sites for hydroxylation is 1. The lowest BCUT2D eigenvalue weighted by Crippen LogP contribution is -2.26. The second kappa shape index (κ2) is 6.35. The molecule has 1 atom stereocenters. The highest BCUT2D eigenvalue weighted by Gasteiger charge is 2.25. The molecular weight excluding hydrogens is 308 g/mol. The number of carbonyl (C=O) groups is 1. The third kappa shape index (κ3) is 4.11. The summed E-state index contributed by atoms with van der Waals surface area (Å²) in [4.78, 5) is 10.9. The van der Waals surface area contributed by atoms with Crippen LogP contribution in [-0.2, 0) is 14.8 Å². The van der Waals surface area contributed by atoms with Gasteiger partial charge in [0.15, 0.2) is 5.82 Å². The second-order valence-electron chi connectivity index (χ2n) is 4.48. The lowest BCUT2D eigenvalue weighted by molar-refractivity contribution is 0.0686. The summed E-state index contributed by atoms with van der Waals surface area (Å²) in [5.74, 6) is -4.99. The molecule has 0 saturated carbocycles. The van der Waals surface area contributed by atoms with Crippen LogP contribution in [0.5, 0.6) is 0 Å². The summed E-state index contributed by atoms with van der Waals surface area (Å²) in [5.41, 5.74) is -2.01. The van der Waals surface area contributed by atoms with Crippen molar-refractivity contribution >= 4 is 21.7 Å².